The van der Waals surface area contributed by atoms with Crippen LogP contribution in [0.25, 0.3) is 0 Å². The second-order valence-electron chi connectivity index (χ2n) is 3.69. The van der Waals surface area contributed by atoms with Crippen LogP contribution in [-0.4, -0.2) is 34.9 Å². The van der Waals surface area contributed by atoms with Crippen molar-refractivity contribution in [1.29, 1.82) is 0 Å². The highest BCUT2D eigenvalue weighted by atomic mass is 32.1. The normalized spacial score (nSPS) is 20.1. The number of thiophene rings is 1. The summed E-state index contributed by atoms with van der Waals surface area (Å²) < 4.78 is 0. The summed E-state index contributed by atoms with van der Waals surface area (Å²) in [5.41, 5.74) is 5.70. The van der Waals surface area contributed by atoms with Gasteiger partial charge in [0.25, 0.3) is 5.91 Å². The van der Waals surface area contributed by atoms with Gasteiger partial charge < -0.3 is 10.6 Å². The molecule has 1 aliphatic heterocycles. The molecule has 2 rings (SSSR count). The number of hydrogen-bond donors (Lipinski definition) is 1. The van der Waals surface area contributed by atoms with Crippen LogP contribution in [0.3, 0.4) is 0 Å². The highest BCUT2D eigenvalue weighted by molar-refractivity contribution is 7.17. The van der Waals surface area contributed by atoms with Gasteiger partial charge in [0.2, 0.25) is 0 Å². The van der Waals surface area contributed by atoms with Crippen LogP contribution in [0.5, 0.6) is 0 Å². The van der Waals surface area contributed by atoms with Crippen LogP contribution >= 0.6 is 11.3 Å². The molecule has 6 nitrogen and oxygen atoms in total. The van der Waals surface area contributed by atoms with Crippen molar-refractivity contribution in [1.82, 2.24) is 4.90 Å². The van der Waals surface area contributed by atoms with E-state index in [1.165, 1.54) is 12.1 Å². The number of amides is 1. The minimum absolute atomic E-state index is 0.00755. The Balaban J connectivity index is 2.11. The molecule has 0 saturated carbocycles. The van der Waals surface area contributed by atoms with E-state index < -0.39 is 4.92 Å². The van der Waals surface area contributed by atoms with Crippen molar-refractivity contribution in [2.45, 2.75) is 12.5 Å². The molecule has 1 aliphatic rings. The molecule has 0 unspecified atom stereocenters. The van der Waals surface area contributed by atoms with Gasteiger partial charge in [0.15, 0.2) is 0 Å². The quantitative estimate of drug-likeness (QED) is 0.613. The van der Waals surface area contributed by atoms with Crippen LogP contribution in [0.15, 0.2) is 12.1 Å². The summed E-state index contributed by atoms with van der Waals surface area (Å²) in [6.45, 7) is 1.16. The Morgan fingerprint density at radius 3 is 2.88 bits per heavy atom. The first kappa shape index (κ1) is 11.0. The van der Waals surface area contributed by atoms with E-state index in [4.69, 9.17) is 5.73 Å². The molecule has 16 heavy (non-hydrogen) atoms. The lowest BCUT2D eigenvalue weighted by atomic mass is 10.3. The summed E-state index contributed by atoms with van der Waals surface area (Å²) >= 11 is 0.906. The van der Waals surface area contributed by atoms with Crippen molar-refractivity contribution in [3.8, 4) is 0 Å². The van der Waals surface area contributed by atoms with Crippen molar-refractivity contribution in [3.05, 3.63) is 27.1 Å². The Kier molecular flexibility index (Phi) is 2.88. The van der Waals surface area contributed by atoms with Gasteiger partial charge in [0.05, 0.1) is 9.80 Å². The second kappa shape index (κ2) is 4.18. The number of carbonyl (C=O) groups is 1. The van der Waals surface area contributed by atoms with E-state index in [-0.39, 0.29) is 17.0 Å². The summed E-state index contributed by atoms with van der Waals surface area (Å²) in [4.78, 5) is 23.9. The number of hydrogen-bond acceptors (Lipinski definition) is 5. The monoisotopic (exact) mass is 241 g/mol. The highest BCUT2D eigenvalue weighted by Gasteiger charge is 2.26. The third kappa shape index (κ3) is 2.05. The predicted octanol–water partition coefficient (Wildman–Crippen LogP) is 0.829. The minimum atomic E-state index is -0.489. The zero-order valence-electron chi connectivity index (χ0n) is 8.46. The molecule has 1 amide bonds. The fraction of sp³-hybridized carbons (Fsp3) is 0.444. The Morgan fingerprint density at radius 2 is 2.38 bits per heavy atom. The molecule has 0 aliphatic carbocycles. The smallest absolute Gasteiger partial charge is 0.324 e. The van der Waals surface area contributed by atoms with Gasteiger partial charge in [-0.15, -0.1) is 0 Å². The van der Waals surface area contributed by atoms with Gasteiger partial charge in [-0.2, -0.15) is 0 Å². The lowest BCUT2D eigenvalue weighted by Crippen LogP contribution is -2.31. The Labute approximate surface area is 95.8 Å². The van der Waals surface area contributed by atoms with Gasteiger partial charge in [-0.3, -0.25) is 14.9 Å². The summed E-state index contributed by atoms with van der Waals surface area (Å²) in [7, 11) is 0. The topological polar surface area (TPSA) is 89.5 Å². The van der Waals surface area contributed by atoms with Gasteiger partial charge >= 0.3 is 5.00 Å². The van der Waals surface area contributed by atoms with Crippen LogP contribution in [0.1, 0.15) is 16.1 Å². The minimum Gasteiger partial charge on any atom is -0.336 e. The fourth-order valence-electron chi connectivity index (χ4n) is 1.67. The molecule has 86 valence electrons. The van der Waals surface area contributed by atoms with Crippen molar-refractivity contribution in [3.63, 3.8) is 0 Å². The number of rotatable bonds is 2. The number of nitrogens with two attached hydrogens (primary N) is 1. The summed E-state index contributed by atoms with van der Waals surface area (Å²) in [6.07, 6.45) is 0.791. The molecule has 1 saturated heterocycles. The van der Waals surface area contributed by atoms with Crippen LogP contribution in [-0.2, 0) is 0 Å². The molecule has 2 N–H and O–H groups in total. The summed E-state index contributed by atoms with van der Waals surface area (Å²) in [5.74, 6) is -0.161. The molecule has 1 aromatic heterocycles. The Bertz CT molecular complexity index is 431. The predicted molar refractivity (Wildman–Crippen MR) is 59.5 cm³/mol. The Hall–Kier alpha value is -1.47. The maximum atomic E-state index is 11.9. The molecular formula is C9H11N3O3S. The first-order chi connectivity index (χ1) is 7.58. The van der Waals surface area contributed by atoms with E-state index in [1.807, 2.05) is 0 Å². The molecule has 0 aromatic carbocycles. The number of nitrogens with zero attached hydrogens (tertiary/aromatic N) is 2. The van der Waals surface area contributed by atoms with E-state index in [9.17, 15) is 14.9 Å². The summed E-state index contributed by atoms with van der Waals surface area (Å²) in [5, 5.41) is 10.5. The number of nitro groups is 1. The van der Waals surface area contributed by atoms with Gasteiger partial charge in [-0.25, -0.2) is 0 Å². The standard InChI is InChI=1S/C9H11N3O3S/c10-6-3-4-11(5-6)9(13)7-1-2-8(16-7)12(14)15/h1-2,6H,3-5,10H2/t6-/m0/s1. The molecule has 0 radical (unpaired) electrons. The molecule has 1 atom stereocenters. The van der Waals surface area contributed by atoms with E-state index in [2.05, 4.69) is 0 Å². The highest BCUT2D eigenvalue weighted by Crippen LogP contribution is 2.25. The van der Waals surface area contributed by atoms with E-state index in [1.54, 1.807) is 4.90 Å². The van der Waals surface area contributed by atoms with Gasteiger partial charge in [-0.1, -0.05) is 11.3 Å². The van der Waals surface area contributed by atoms with E-state index >= 15 is 0 Å². The molecule has 7 heteroatoms. The first-order valence-electron chi connectivity index (χ1n) is 4.87. The molecular weight excluding hydrogens is 230 g/mol. The van der Waals surface area contributed by atoms with Crippen molar-refractivity contribution in [2.75, 3.05) is 13.1 Å². The molecule has 1 aromatic rings. The maximum absolute atomic E-state index is 11.9. The van der Waals surface area contributed by atoms with Crippen LogP contribution in [0.4, 0.5) is 5.00 Å². The van der Waals surface area contributed by atoms with Gasteiger partial charge in [0, 0.05) is 25.2 Å². The van der Waals surface area contributed by atoms with Crippen LogP contribution in [0, 0.1) is 10.1 Å². The van der Waals surface area contributed by atoms with Crippen LogP contribution in [0.2, 0.25) is 0 Å². The zero-order valence-corrected chi connectivity index (χ0v) is 9.27. The average molecular weight is 241 g/mol. The van der Waals surface area contributed by atoms with Crippen LogP contribution < -0.4 is 5.73 Å². The van der Waals surface area contributed by atoms with Gasteiger partial charge in [0.1, 0.15) is 0 Å². The van der Waals surface area contributed by atoms with Crippen molar-refractivity contribution in [2.24, 2.45) is 5.73 Å². The third-order valence-electron chi connectivity index (χ3n) is 2.49. The largest absolute Gasteiger partial charge is 0.336 e. The lowest BCUT2D eigenvalue weighted by molar-refractivity contribution is -0.380. The van der Waals surface area contributed by atoms with Crippen molar-refractivity contribution < 1.29 is 9.72 Å². The van der Waals surface area contributed by atoms with Crippen molar-refractivity contribution >= 4 is 22.2 Å². The summed E-state index contributed by atoms with van der Waals surface area (Å²) in [6, 6.07) is 2.88. The molecule has 1 fully saturated rings. The fourth-order valence-corrected chi connectivity index (χ4v) is 2.46. The first-order valence-corrected chi connectivity index (χ1v) is 5.68. The Morgan fingerprint density at radius 1 is 1.62 bits per heavy atom. The number of likely N-dealkylation sites (tertiary alicyclic amines) is 1. The van der Waals surface area contributed by atoms with Gasteiger partial charge in [-0.05, 0) is 12.5 Å². The second-order valence-corrected chi connectivity index (χ2v) is 4.76. The molecule has 0 spiro atoms. The van der Waals surface area contributed by atoms with E-state index in [0.29, 0.717) is 18.0 Å². The third-order valence-corrected chi connectivity index (χ3v) is 3.52. The zero-order chi connectivity index (χ0) is 11.7. The number of carbonyl (C=O) groups excluding carboxylic acids is 1. The SMILES string of the molecule is N[C@H]1CCN(C(=O)c2ccc([N+](=O)[O-])s2)C1. The molecule has 0 bridgehead atoms. The maximum Gasteiger partial charge on any atom is 0.324 e. The molecule has 2 heterocycles. The average Bonchev–Trinajstić information content (AvgIpc) is 2.84. The van der Waals surface area contributed by atoms with E-state index in [0.717, 1.165) is 17.8 Å². The lowest BCUT2D eigenvalue weighted by Gasteiger charge is -2.13.